The van der Waals surface area contributed by atoms with Crippen molar-refractivity contribution in [3.8, 4) is 0 Å². The smallest absolute Gasteiger partial charge is 0.0786 e. The lowest BCUT2D eigenvalue weighted by molar-refractivity contribution is -0.925. The molecule has 0 atom stereocenters. The maximum Gasteiger partial charge on any atom is 0.0786 e. The highest BCUT2D eigenvalue weighted by atomic mass is 79.9. The average Bonchev–Trinajstić information content (AvgIpc) is 2.75. The second-order valence-corrected chi connectivity index (χ2v) is 9.79. The lowest BCUT2D eigenvalue weighted by Crippen LogP contribution is -3.00. The molecule has 0 saturated carbocycles. The standard InChI is InChI=1S/C28H60N.BrH/c1-5-9-11-13-15-17-19-21-23-25-27-29(7-3,8-4)28-26-24-22-20-18-16-14-12-10-6-2;/h5-28H2,1-4H3;1H/q+1;/p-1. The molecule has 0 aliphatic carbocycles. The molecular formula is C28H60BrN. The highest BCUT2D eigenvalue weighted by Crippen LogP contribution is 2.16. The Bertz CT molecular complexity index is 275. The molecule has 30 heavy (non-hydrogen) atoms. The first-order valence-electron chi connectivity index (χ1n) is 14.1. The Balaban J connectivity index is 0. The van der Waals surface area contributed by atoms with Gasteiger partial charge < -0.3 is 21.5 Å². The molecule has 0 rings (SSSR count). The topological polar surface area (TPSA) is 0 Å². The number of rotatable bonds is 24. The number of hydrogen-bond acceptors (Lipinski definition) is 0. The molecule has 0 aliphatic heterocycles. The van der Waals surface area contributed by atoms with E-state index in [-0.39, 0.29) is 17.0 Å². The van der Waals surface area contributed by atoms with Crippen LogP contribution in [0.2, 0.25) is 0 Å². The highest BCUT2D eigenvalue weighted by Gasteiger charge is 2.21. The average molecular weight is 491 g/mol. The van der Waals surface area contributed by atoms with Crippen LogP contribution < -0.4 is 17.0 Å². The summed E-state index contributed by atoms with van der Waals surface area (Å²) in [5.74, 6) is 0. The minimum absolute atomic E-state index is 0. The third-order valence-corrected chi connectivity index (χ3v) is 7.31. The Morgan fingerprint density at radius 3 is 0.800 bits per heavy atom. The molecule has 0 N–H and O–H groups in total. The molecule has 0 aromatic heterocycles. The van der Waals surface area contributed by atoms with Crippen LogP contribution in [-0.2, 0) is 0 Å². The zero-order valence-corrected chi connectivity index (χ0v) is 23.4. The van der Waals surface area contributed by atoms with Crippen molar-refractivity contribution < 1.29 is 21.5 Å². The van der Waals surface area contributed by atoms with E-state index >= 15 is 0 Å². The first-order valence-corrected chi connectivity index (χ1v) is 14.1. The Labute approximate surface area is 203 Å². The Morgan fingerprint density at radius 2 is 0.567 bits per heavy atom. The van der Waals surface area contributed by atoms with Crippen molar-refractivity contribution in [1.82, 2.24) is 0 Å². The summed E-state index contributed by atoms with van der Waals surface area (Å²) in [5.41, 5.74) is 0. The van der Waals surface area contributed by atoms with E-state index in [0.29, 0.717) is 0 Å². The molecule has 0 radical (unpaired) electrons. The number of hydrogen-bond donors (Lipinski definition) is 0. The highest BCUT2D eigenvalue weighted by molar-refractivity contribution is 4.51. The molecule has 184 valence electrons. The summed E-state index contributed by atoms with van der Waals surface area (Å²) >= 11 is 0. The predicted molar refractivity (Wildman–Crippen MR) is 135 cm³/mol. The Morgan fingerprint density at radius 1 is 0.333 bits per heavy atom. The van der Waals surface area contributed by atoms with Crippen molar-refractivity contribution in [3.05, 3.63) is 0 Å². The molecule has 0 heterocycles. The third-order valence-electron chi connectivity index (χ3n) is 7.31. The quantitative estimate of drug-likeness (QED) is 0.104. The van der Waals surface area contributed by atoms with Gasteiger partial charge in [-0.2, -0.15) is 0 Å². The molecule has 0 aromatic rings. The fourth-order valence-corrected chi connectivity index (χ4v) is 4.84. The van der Waals surface area contributed by atoms with Crippen LogP contribution in [0.5, 0.6) is 0 Å². The van der Waals surface area contributed by atoms with Crippen LogP contribution in [0, 0.1) is 0 Å². The second-order valence-electron chi connectivity index (χ2n) is 9.79. The summed E-state index contributed by atoms with van der Waals surface area (Å²) in [6.07, 6.45) is 29.1. The zero-order valence-electron chi connectivity index (χ0n) is 21.8. The predicted octanol–water partition coefficient (Wildman–Crippen LogP) is 6.69. The van der Waals surface area contributed by atoms with Crippen LogP contribution in [0.3, 0.4) is 0 Å². The molecule has 0 spiro atoms. The summed E-state index contributed by atoms with van der Waals surface area (Å²) in [6.45, 7) is 15.0. The van der Waals surface area contributed by atoms with E-state index in [4.69, 9.17) is 0 Å². The molecule has 0 saturated heterocycles. The Hall–Kier alpha value is 0.440. The summed E-state index contributed by atoms with van der Waals surface area (Å²) in [4.78, 5) is 0. The molecule has 1 nitrogen and oxygen atoms in total. The minimum Gasteiger partial charge on any atom is -1.00 e. The van der Waals surface area contributed by atoms with Gasteiger partial charge in [0.2, 0.25) is 0 Å². The van der Waals surface area contributed by atoms with E-state index < -0.39 is 0 Å². The summed E-state index contributed by atoms with van der Waals surface area (Å²) < 4.78 is 1.38. The van der Waals surface area contributed by atoms with Gasteiger partial charge in [0.1, 0.15) is 0 Å². The van der Waals surface area contributed by atoms with Gasteiger partial charge in [0, 0.05) is 0 Å². The van der Waals surface area contributed by atoms with E-state index in [1.165, 1.54) is 159 Å². The number of unbranched alkanes of at least 4 members (excludes halogenated alkanes) is 18. The van der Waals surface area contributed by atoms with Crippen LogP contribution >= 0.6 is 0 Å². The van der Waals surface area contributed by atoms with Crippen molar-refractivity contribution >= 4 is 0 Å². The first-order chi connectivity index (χ1) is 14.2. The van der Waals surface area contributed by atoms with Crippen molar-refractivity contribution in [3.63, 3.8) is 0 Å². The van der Waals surface area contributed by atoms with Gasteiger partial charge in [-0.05, 0) is 39.5 Å². The SMILES string of the molecule is CCCCCCCCCCCC[N+](CC)(CC)CCCCCCCCCCCC.[Br-]. The largest absolute Gasteiger partial charge is 1.00 e. The molecule has 0 fully saturated rings. The van der Waals surface area contributed by atoms with Gasteiger partial charge in [0.05, 0.1) is 26.2 Å². The molecule has 0 amide bonds. The second kappa shape index (κ2) is 25.7. The fraction of sp³-hybridized carbons (Fsp3) is 1.00. The molecule has 0 bridgehead atoms. The van der Waals surface area contributed by atoms with Crippen molar-refractivity contribution in [2.75, 3.05) is 26.2 Å². The van der Waals surface area contributed by atoms with Gasteiger partial charge >= 0.3 is 0 Å². The number of quaternary nitrogens is 1. The van der Waals surface area contributed by atoms with E-state index in [2.05, 4.69) is 27.7 Å². The lowest BCUT2D eigenvalue weighted by Gasteiger charge is -2.37. The van der Waals surface area contributed by atoms with Crippen LogP contribution in [-0.4, -0.2) is 30.7 Å². The Kier molecular flexibility index (Phi) is 27.9. The van der Waals surface area contributed by atoms with Crippen molar-refractivity contribution in [1.29, 1.82) is 0 Å². The van der Waals surface area contributed by atoms with Crippen LogP contribution in [0.4, 0.5) is 0 Å². The van der Waals surface area contributed by atoms with Crippen LogP contribution in [0.15, 0.2) is 0 Å². The normalized spacial score (nSPS) is 11.6. The van der Waals surface area contributed by atoms with Crippen LogP contribution in [0.25, 0.3) is 0 Å². The van der Waals surface area contributed by atoms with Crippen molar-refractivity contribution in [2.45, 2.75) is 156 Å². The summed E-state index contributed by atoms with van der Waals surface area (Å²) in [6, 6.07) is 0. The van der Waals surface area contributed by atoms with E-state index in [9.17, 15) is 0 Å². The maximum atomic E-state index is 2.43. The zero-order chi connectivity index (χ0) is 21.5. The third kappa shape index (κ3) is 20.3. The molecule has 0 aromatic carbocycles. The molecule has 2 heteroatoms. The van der Waals surface area contributed by atoms with Gasteiger partial charge in [-0.3, -0.25) is 0 Å². The summed E-state index contributed by atoms with van der Waals surface area (Å²) in [7, 11) is 0. The van der Waals surface area contributed by atoms with Gasteiger partial charge in [-0.25, -0.2) is 0 Å². The number of nitrogens with zero attached hydrogens (tertiary/aromatic N) is 1. The first kappa shape index (κ1) is 32.6. The monoisotopic (exact) mass is 489 g/mol. The van der Waals surface area contributed by atoms with Crippen LogP contribution in [0.1, 0.15) is 156 Å². The van der Waals surface area contributed by atoms with E-state index in [1.54, 1.807) is 0 Å². The van der Waals surface area contributed by atoms with Crippen molar-refractivity contribution in [2.24, 2.45) is 0 Å². The molecular weight excluding hydrogens is 430 g/mol. The fourth-order valence-electron chi connectivity index (χ4n) is 4.84. The minimum atomic E-state index is 0. The van der Waals surface area contributed by atoms with Gasteiger partial charge in [0.25, 0.3) is 0 Å². The van der Waals surface area contributed by atoms with Gasteiger partial charge in [-0.15, -0.1) is 0 Å². The van der Waals surface area contributed by atoms with E-state index in [0.717, 1.165) is 0 Å². The maximum absolute atomic E-state index is 2.43. The van der Waals surface area contributed by atoms with E-state index in [1.807, 2.05) is 0 Å². The summed E-state index contributed by atoms with van der Waals surface area (Å²) in [5, 5.41) is 0. The van der Waals surface area contributed by atoms with Gasteiger partial charge in [0.15, 0.2) is 0 Å². The number of halogens is 1. The molecule has 0 aliphatic rings. The van der Waals surface area contributed by atoms with Gasteiger partial charge in [-0.1, -0.05) is 117 Å². The molecule has 0 unspecified atom stereocenters. The lowest BCUT2D eigenvalue weighted by atomic mass is 10.1.